The van der Waals surface area contributed by atoms with Gasteiger partial charge in [0.15, 0.2) is 0 Å². The molecule has 21 heavy (non-hydrogen) atoms. The predicted molar refractivity (Wildman–Crippen MR) is 80.0 cm³/mol. The van der Waals surface area contributed by atoms with E-state index in [1.807, 2.05) is 30.3 Å². The summed E-state index contributed by atoms with van der Waals surface area (Å²) in [5.41, 5.74) is 0.888. The van der Waals surface area contributed by atoms with Crippen molar-refractivity contribution in [3.8, 4) is 0 Å². The van der Waals surface area contributed by atoms with Gasteiger partial charge in [-0.15, -0.1) is 0 Å². The number of nitrogens with one attached hydrogen (secondary N) is 2. The molecule has 0 bridgehead atoms. The molecule has 1 aliphatic rings. The molecule has 0 radical (unpaired) electrons. The van der Waals surface area contributed by atoms with Crippen LogP contribution >= 0.6 is 0 Å². The molecular formula is C16H22N2O3. The number of amides is 2. The maximum Gasteiger partial charge on any atom is 0.326 e. The summed E-state index contributed by atoms with van der Waals surface area (Å²) in [5.74, 6) is -0.568. The van der Waals surface area contributed by atoms with E-state index in [2.05, 4.69) is 17.6 Å². The van der Waals surface area contributed by atoms with Gasteiger partial charge in [-0.2, -0.15) is 0 Å². The molecule has 1 aromatic carbocycles. The Labute approximate surface area is 124 Å². The molecule has 1 saturated carbocycles. The number of carbonyl (C=O) groups excluding carboxylic acids is 1. The van der Waals surface area contributed by atoms with E-state index in [1.54, 1.807) is 0 Å². The molecule has 0 spiro atoms. The van der Waals surface area contributed by atoms with Crippen molar-refractivity contribution >= 4 is 12.0 Å². The minimum absolute atomic E-state index is 0.149. The minimum atomic E-state index is -1.02. The lowest BCUT2D eigenvalue weighted by atomic mass is 10.1. The fraction of sp³-hybridized carbons (Fsp3) is 0.500. The third-order valence-electron chi connectivity index (χ3n) is 4.06. The third-order valence-corrected chi connectivity index (χ3v) is 4.06. The smallest absolute Gasteiger partial charge is 0.326 e. The molecule has 1 aromatic rings. The molecule has 114 valence electrons. The van der Waals surface area contributed by atoms with Crippen molar-refractivity contribution in [3.05, 3.63) is 35.9 Å². The Hall–Kier alpha value is -2.04. The average molecular weight is 290 g/mol. The molecular weight excluding hydrogens is 268 g/mol. The van der Waals surface area contributed by atoms with Crippen molar-refractivity contribution in [2.75, 3.05) is 0 Å². The minimum Gasteiger partial charge on any atom is -0.480 e. The van der Waals surface area contributed by atoms with Crippen LogP contribution in [-0.2, 0) is 11.2 Å². The van der Waals surface area contributed by atoms with Crippen LogP contribution in [0.5, 0.6) is 0 Å². The van der Waals surface area contributed by atoms with Crippen molar-refractivity contribution in [3.63, 3.8) is 0 Å². The van der Waals surface area contributed by atoms with Crippen molar-refractivity contribution in [1.82, 2.24) is 10.6 Å². The number of hydrogen-bond donors (Lipinski definition) is 3. The second-order valence-corrected chi connectivity index (χ2v) is 5.71. The summed E-state index contributed by atoms with van der Waals surface area (Å²) in [6.07, 6.45) is 3.46. The molecule has 2 rings (SSSR count). The van der Waals surface area contributed by atoms with Crippen LogP contribution in [0, 0.1) is 5.92 Å². The fourth-order valence-corrected chi connectivity index (χ4v) is 2.78. The number of rotatable bonds is 5. The molecule has 0 aromatic heterocycles. The lowest BCUT2D eigenvalue weighted by molar-refractivity contribution is -0.139. The van der Waals surface area contributed by atoms with Crippen LogP contribution in [0.3, 0.4) is 0 Å². The van der Waals surface area contributed by atoms with Crippen LogP contribution in [-0.4, -0.2) is 29.2 Å². The normalized spacial score (nSPS) is 22.5. The summed E-state index contributed by atoms with van der Waals surface area (Å²) in [5, 5.41) is 14.7. The van der Waals surface area contributed by atoms with E-state index in [4.69, 9.17) is 0 Å². The van der Waals surface area contributed by atoms with Gasteiger partial charge >= 0.3 is 12.0 Å². The average Bonchev–Trinajstić information content (AvgIpc) is 2.84. The van der Waals surface area contributed by atoms with E-state index in [-0.39, 0.29) is 12.5 Å². The molecule has 0 aliphatic heterocycles. The number of carbonyl (C=O) groups is 2. The molecule has 3 unspecified atom stereocenters. The summed E-state index contributed by atoms with van der Waals surface area (Å²) in [4.78, 5) is 23.3. The maximum atomic E-state index is 12.0. The highest BCUT2D eigenvalue weighted by Crippen LogP contribution is 2.24. The Bertz CT molecular complexity index is 490. The summed E-state index contributed by atoms with van der Waals surface area (Å²) in [6.45, 7) is 2.11. The van der Waals surface area contributed by atoms with Crippen LogP contribution in [0.25, 0.3) is 0 Å². The van der Waals surface area contributed by atoms with E-state index >= 15 is 0 Å². The Balaban J connectivity index is 1.90. The van der Waals surface area contributed by atoms with Crippen molar-refractivity contribution < 1.29 is 14.7 Å². The molecule has 5 nitrogen and oxygen atoms in total. The van der Waals surface area contributed by atoms with Crippen LogP contribution < -0.4 is 10.6 Å². The largest absolute Gasteiger partial charge is 0.480 e. The Morgan fingerprint density at radius 3 is 2.57 bits per heavy atom. The fourth-order valence-electron chi connectivity index (χ4n) is 2.78. The molecule has 0 saturated heterocycles. The van der Waals surface area contributed by atoms with Crippen LogP contribution in [0.1, 0.15) is 31.7 Å². The highest BCUT2D eigenvalue weighted by Gasteiger charge is 2.26. The van der Waals surface area contributed by atoms with Gasteiger partial charge in [-0.25, -0.2) is 9.59 Å². The standard InChI is InChI=1S/C16H22N2O3/c1-11-6-5-9-13(11)17-16(21)18-14(15(19)20)10-12-7-3-2-4-8-12/h2-4,7-8,11,13-14H,5-6,9-10H2,1H3,(H,19,20)(H2,17,18,21). The van der Waals surface area contributed by atoms with E-state index in [1.165, 1.54) is 0 Å². The molecule has 1 aliphatic carbocycles. The van der Waals surface area contributed by atoms with Gasteiger partial charge in [0.05, 0.1) is 0 Å². The van der Waals surface area contributed by atoms with Gasteiger partial charge in [0, 0.05) is 12.5 Å². The predicted octanol–water partition coefficient (Wildman–Crippen LogP) is 2.17. The zero-order chi connectivity index (χ0) is 15.2. The van der Waals surface area contributed by atoms with Gasteiger partial charge in [-0.1, -0.05) is 43.7 Å². The topological polar surface area (TPSA) is 78.4 Å². The van der Waals surface area contributed by atoms with Crippen LogP contribution in [0.4, 0.5) is 4.79 Å². The van der Waals surface area contributed by atoms with E-state index in [0.29, 0.717) is 5.92 Å². The first kappa shape index (κ1) is 15.4. The Morgan fingerprint density at radius 2 is 2.00 bits per heavy atom. The second kappa shape index (κ2) is 7.11. The van der Waals surface area contributed by atoms with Crippen LogP contribution in [0.15, 0.2) is 30.3 Å². The van der Waals surface area contributed by atoms with Gasteiger partial charge in [0.2, 0.25) is 0 Å². The van der Waals surface area contributed by atoms with Crippen molar-refractivity contribution in [1.29, 1.82) is 0 Å². The molecule has 2 amide bonds. The first-order valence-corrected chi connectivity index (χ1v) is 7.40. The molecule has 1 fully saturated rings. The second-order valence-electron chi connectivity index (χ2n) is 5.71. The molecule has 0 heterocycles. The quantitative estimate of drug-likeness (QED) is 0.777. The molecule has 5 heteroatoms. The van der Waals surface area contributed by atoms with E-state index in [9.17, 15) is 14.7 Å². The number of hydrogen-bond acceptors (Lipinski definition) is 2. The number of aliphatic carboxylic acids is 1. The molecule has 3 atom stereocenters. The van der Waals surface area contributed by atoms with Crippen LogP contribution in [0.2, 0.25) is 0 Å². The van der Waals surface area contributed by atoms with Gasteiger partial charge in [0.25, 0.3) is 0 Å². The first-order valence-electron chi connectivity index (χ1n) is 7.40. The first-order chi connectivity index (χ1) is 10.1. The SMILES string of the molecule is CC1CCCC1NC(=O)NC(Cc1ccccc1)C(=O)O. The summed E-state index contributed by atoms with van der Waals surface area (Å²) < 4.78 is 0. The zero-order valence-corrected chi connectivity index (χ0v) is 12.2. The highest BCUT2D eigenvalue weighted by molar-refractivity contribution is 5.82. The van der Waals surface area contributed by atoms with Gasteiger partial charge < -0.3 is 15.7 Å². The number of urea groups is 1. The summed E-state index contributed by atoms with van der Waals surface area (Å²) >= 11 is 0. The van der Waals surface area contributed by atoms with Crippen molar-refractivity contribution in [2.24, 2.45) is 5.92 Å². The maximum absolute atomic E-state index is 12.0. The monoisotopic (exact) mass is 290 g/mol. The molecule has 3 N–H and O–H groups in total. The lowest BCUT2D eigenvalue weighted by Crippen LogP contribution is -2.50. The van der Waals surface area contributed by atoms with E-state index < -0.39 is 18.0 Å². The summed E-state index contributed by atoms with van der Waals surface area (Å²) in [7, 11) is 0. The Morgan fingerprint density at radius 1 is 1.29 bits per heavy atom. The highest BCUT2D eigenvalue weighted by atomic mass is 16.4. The zero-order valence-electron chi connectivity index (χ0n) is 12.2. The number of carboxylic acids is 1. The van der Waals surface area contributed by atoms with Gasteiger partial charge in [-0.3, -0.25) is 0 Å². The van der Waals surface area contributed by atoms with E-state index in [0.717, 1.165) is 24.8 Å². The number of benzene rings is 1. The number of carboxylic acid groups (broad SMARTS) is 1. The summed E-state index contributed by atoms with van der Waals surface area (Å²) in [6, 6.07) is 8.14. The van der Waals surface area contributed by atoms with Crippen molar-refractivity contribution in [2.45, 2.75) is 44.7 Å². The third kappa shape index (κ3) is 4.48. The van der Waals surface area contributed by atoms with Gasteiger partial charge in [-0.05, 0) is 24.3 Å². The van der Waals surface area contributed by atoms with Gasteiger partial charge in [0.1, 0.15) is 6.04 Å². The Kier molecular flexibility index (Phi) is 5.20. The lowest BCUT2D eigenvalue weighted by Gasteiger charge is -2.20.